The molecule has 1 aliphatic carbocycles. The molecular weight excluding hydrogens is 330 g/mol. The monoisotopic (exact) mass is 347 g/mol. The number of nitrogens with zero attached hydrogens (tertiary/aromatic N) is 2. The van der Waals surface area contributed by atoms with Crippen molar-refractivity contribution in [2.24, 2.45) is 7.05 Å². The van der Waals surface area contributed by atoms with Crippen molar-refractivity contribution in [3.8, 4) is 5.75 Å². The van der Waals surface area contributed by atoms with Gasteiger partial charge in [-0.2, -0.15) is 5.10 Å². The predicted octanol–water partition coefficient (Wildman–Crippen LogP) is 3.09. The molecule has 0 radical (unpaired) electrons. The van der Waals surface area contributed by atoms with Gasteiger partial charge in [0, 0.05) is 24.6 Å². The number of benzene rings is 1. The van der Waals surface area contributed by atoms with Gasteiger partial charge < -0.3 is 10.1 Å². The van der Waals surface area contributed by atoms with Crippen molar-refractivity contribution in [2.75, 3.05) is 11.9 Å². The highest BCUT2D eigenvalue weighted by molar-refractivity contribution is 6.32. The number of aromatic nitrogens is 2. The highest BCUT2D eigenvalue weighted by Gasteiger charge is 2.31. The number of carbonyl (C=O) groups is 2. The van der Waals surface area contributed by atoms with Crippen LogP contribution in [0.2, 0.25) is 5.02 Å². The fourth-order valence-corrected chi connectivity index (χ4v) is 3.34. The fraction of sp³-hybridized carbons (Fsp3) is 0.353. The van der Waals surface area contributed by atoms with Gasteiger partial charge in [0.15, 0.2) is 12.4 Å². The zero-order valence-corrected chi connectivity index (χ0v) is 14.5. The molecule has 24 heavy (non-hydrogen) atoms. The summed E-state index contributed by atoms with van der Waals surface area (Å²) < 4.78 is 7.16. The van der Waals surface area contributed by atoms with Gasteiger partial charge >= 0.3 is 0 Å². The van der Waals surface area contributed by atoms with Crippen LogP contribution in [0.25, 0.3) is 0 Å². The normalized spacial score (nSPS) is 16.2. The van der Waals surface area contributed by atoms with Crippen LogP contribution >= 0.6 is 11.6 Å². The van der Waals surface area contributed by atoms with E-state index in [9.17, 15) is 9.59 Å². The molecule has 2 aromatic rings. The Labute approximate surface area is 144 Å². The maximum Gasteiger partial charge on any atom is 0.263 e. The van der Waals surface area contributed by atoms with Crippen LogP contribution in [0.15, 0.2) is 18.2 Å². The number of hydrogen-bond acceptors (Lipinski definition) is 4. The van der Waals surface area contributed by atoms with Gasteiger partial charge in [0.1, 0.15) is 11.6 Å². The summed E-state index contributed by atoms with van der Waals surface area (Å²) in [7, 11) is 1.75. The molecule has 6 nitrogen and oxygen atoms in total. The lowest BCUT2D eigenvalue weighted by Crippen LogP contribution is -2.22. The Morgan fingerprint density at radius 3 is 2.92 bits per heavy atom. The van der Waals surface area contributed by atoms with Crippen molar-refractivity contribution in [2.45, 2.75) is 26.2 Å². The standard InChI is InChI=1S/C17H18ClN3O3/c1-9-6-12(22)17-13(5-4-11(18)16(9)17)24-8-15(23)19-14-7-10(2)20-21(14)3/h4-5,7,9H,6,8H2,1-3H3,(H,19,23)/t9-/m0/s1. The average molecular weight is 348 g/mol. The number of Topliss-reactive ketones (excluding diaryl/α,β-unsaturated/α-hetero) is 1. The SMILES string of the molecule is Cc1cc(NC(=O)COc2ccc(Cl)c3c2C(=O)C[C@@H]3C)n(C)n1. The first-order valence-electron chi connectivity index (χ1n) is 7.65. The third-order valence-corrected chi connectivity index (χ3v) is 4.38. The lowest BCUT2D eigenvalue weighted by atomic mass is 10.0. The molecule has 0 bridgehead atoms. The van der Waals surface area contributed by atoms with Crippen molar-refractivity contribution >= 4 is 29.1 Å². The Hall–Kier alpha value is -2.34. The van der Waals surface area contributed by atoms with Crippen molar-refractivity contribution in [3.05, 3.63) is 40.0 Å². The number of fused-ring (bicyclic) bond motifs is 1. The lowest BCUT2D eigenvalue weighted by molar-refractivity contribution is -0.118. The van der Waals surface area contributed by atoms with E-state index in [1.165, 1.54) is 0 Å². The third-order valence-electron chi connectivity index (χ3n) is 4.05. The molecule has 0 saturated carbocycles. The molecule has 1 heterocycles. The predicted molar refractivity (Wildman–Crippen MR) is 90.9 cm³/mol. The molecule has 1 aliphatic rings. The van der Waals surface area contributed by atoms with Gasteiger partial charge in [-0.1, -0.05) is 18.5 Å². The van der Waals surface area contributed by atoms with E-state index in [0.29, 0.717) is 28.6 Å². The summed E-state index contributed by atoms with van der Waals surface area (Å²) in [4.78, 5) is 24.3. The number of nitrogens with one attached hydrogen (secondary N) is 1. The second-order valence-corrected chi connectivity index (χ2v) is 6.40. The number of ketones is 1. The summed E-state index contributed by atoms with van der Waals surface area (Å²) >= 11 is 6.19. The Kier molecular flexibility index (Phi) is 4.32. The topological polar surface area (TPSA) is 73.2 Å². The van der Waals surface area contributed by atoms with Gasteiger partial charge in [0.05, 0.1) is 11.3 Å². The van der Waals surface area contributed by atoms with E-state index in [1.54, 1.807) is 29.9 Å². The van der Waals surface area contributed by atoms with Crippen molar-refractivity contribution in [1.82, 2.24) is 9.78 Å². The minimum absolute atomic E-state index is 0.00216. The van der Waals surface area contributed by atoms with Crippen molar-refractivity contribution in [1.29, 1.82) is 0 Å². The minimum atomic E-state index is -0.319. The molecule has 3 rings (SSSR count). The molecule has 1 aromatic heterocycles. The van der Waals surface area contributed by atoms with Crippen LogP contribution in [0.4, 0.5) is 5.82 Å². The molecule has 1 N–H and O–H groups in total. The van der Waals surface area contributed by atoms with E-state index in [1.807, 2.05) is 13.8 Å². The van der Waals surface area contributed by atoms with Crippen molar-refractivity contribution < 1.29 is 14.3 Å². The largest absolute Gasteiger partial charge is 0.483 e. The number of rotatable bonds is 4. The van der Waals surface area contributed by atoms with Gasteiger partial charge in [0.2, 0.25) is 0 Å². The van der Waals surface area contributed by atoms with Gasteiger partial charge in [0.25, 0.3) is 5.91 Å². The molecular formula is C17H18ClN3O3. The van der Waals surface area contributed by atoms with Gasteiger partial charge in [-0.25, -0.2) is 0 Å². The number of anilines is 1. The third kappa shape index (κ3) is 3.01. The molecule has 0 aliphatic heterocycles. The molecule has 1 aromatic carbocycles. The second-order valence-electron chi connectivity index (χ2n) is 5.99. The van der Waals surface area contributed by atoms with Crippen LogP contribution in [0.3, 0.4) is 0 Å². The van der Waals surface area contributed by atoms with E-state index in [4.69, 9.17) is 16.3 Å². The van der Waals surface area contributed by atoms with E-state index in [2.05, 4.69) is 10.4 Å². The Bertz CT molecular complexity index is 829. The highest BCUT2D eigenvalue weighted by Crippen LogP contribution is 2.42. The fourth-order valence-electron chi connectivity index (χ4n) is 3.00. The van der Waals surface area contributed by atoms with Crippen LogP contribution in [-0.4, -0.2) is 28.1 Å². The van der Waals surface area contributed by atoms with Gasteiger partial charge in [-0.05, 0) is 30.5 Å². The highest BCUT2D eigenvalue weighted by atomic mass is 35.5. The Morgan fingerprint density at radius 2 is 2.25 bits per heavy atom. The van der Waals surface area contributed by atoms with E-state index < -0.39 is 0 Å². The zero-order chi connectivity index (χ0) is 17.4. The summed E-state index contributed by atoms with van der Waals surface area (Å²) in [5.41, 5.74) is 2.12. The van der Waals surface area contributed by atoms with E-state index >= 15 is 0 Å². The smallest absolute Gasteiger partial charge is 0.263 e. The summed E-state index contributed by atoms with van der Waals surface area (Å²) in [6.45, 7) is 3.60. The maximum absolute atomic E-state index is 12.2. The van der Waals surface area contributed by atoms with E-state index in [-0.39, 0.29) is 24.2 Å². The maximum atomic E-state index is 12.2. The van der Waals surface area contributed by atoms with Gasteiger partial charge in [-0.15, -0.1) is 0 Å². The first-order valence-corrected chi connectivity index (χ1v) is 8.03. The summed E-state index contributed by atoms with van der Waals surface area (Å²) in [5, 5.41) is 7.45. The number of aryl methyl sites for hydroxylation is 2. The summed E-state index contributed by atoms with van der Waals surface area (Å²) in [6.07, 6.45) is 0.413. The number of ether oxygens (including phenoxy) is 1. The Morgan fingerprint density at radius 1 is 1.50 bits per heavy atom. The minimum Gasteiger partial charge on any atom is -0.483 e. The molecule has 7 heteroatoms. The van der Waals surface area contributed by atoms with Crippen LogP contribution in [0.5, 0.6) is 5.75 Å². The molecule has 1 atom stereocenters. The van der Waals surface area contributed by atoms with Crippen LogP contribution in [0, 0.1) is 6.92 Å². The van der Waals surface area contributed by atoms with Crippen LogP contribution < -0.4 is 10.1 Å². The lowest BCUT2D eigenvalue weighted by Gasteiger charge is -2.12. The first-order chi connectivity index (χ1) is 11.4. The quantitative estimate of drug-likeness (QED) is 0.922. The molecule has 0 fully saturated rings. The molecule has 0 spiro atoms. The van der Waals surface area contributed by atoms with Crippen LogP contribution in [0.1, 0.15) is 40.9 Å². The average Bonchev–Trinajstić information content (AvgIpc) is 2.98. The zero-order valence-electron chi connectivity index (χ0n) is 13.7. The van der Waals surface area contributed by atoms with Gasteiger partial charge in [-0.3, -0.25) is 14.3 Å². The Balaban J connectivity index is 1.73. The van der Waals surface area contributed by atoms with Crippen molar-refractivity contribution in [3.63, 3.8) is 0 Å². The molecule has 126 valence electrons. The molecule has 1 amide bonds. The number of hydrogen-bond donors (Lipinski definition) is 1. The number of amides is 1. The first kappa shape index (κ1) is 16.5. The number of halogens is 1. The van der Waals surface area contributed by atoms with E-state index in [0.717, 1.165) is 11.3 Å². The summed E-state index contributed by atoms with van der Waals surface area (Å²) in [6, 6.07) is 5.11. The molecule has 0 saturated heterocycles. The summed E-state index contributed by atoms with van der Waals surface area (Å²) in [5.74, 6) is 0.736. The second kappa shape index (κ2) is 6.28. The van der Waals surface area contributed by atoms with Crippen LogP contribution in [-0.2, 0) is 11.8 Å². The number of carbonyl (C=O) groups excluding carboxylic acids is 2. The molecule has 0 unspecified atom stereocenters.